The van der Waals surface area contributed by atoms with E-state index in [-0.39, 0.29) is 37.1 Å². The van der Waals surface area contributed by atoms with E-state index in [1.54, 1.807) is 0 Å². The fourth-order valence-corrected chi connectivity index (χ4v) is 3.03. The fourth-order valence-electron chi connectivity index (χ4n) is 2.88. The molecule has 0 fully saturated rings. The lowest BCUT2D eigenvalue weighted by Crippen LogP contribution is -2.25. The van der Waals surface area contributed by atoms with Crippen LogP contribution in [0.3, 0.4) is 0 Å². The maximum atomic E-state index is 11.0. The van der Waals surface area contributed by atoms with E-state index in [0.29, 0.717) is 11.5 Å². The number of hydrogen-bond acceptors (Lipinski definition) is 6. The first-order valence-corrected chi connectivity index (χ1v) is 10.3. The number of halogens is 1. The van der Waals surface area contributed by atoms with Crippen LogP contribution < -0.4 is 9.47 Å². The molecule has 0 amide bonds. The SMILES string of the molecule is CC(=O)O[C@H](CCl)COc1ccc(C(C)(C)c2ccc(OC[C@@H](O)CO)cc2)cc1. The van der Waals surface area contributed by atoms with Crippen molar-refractivity contribution in [3.63, 3.8) is 0 Å². The third-order valence-electron chi connectivity index (χ3n) is 4.75. The zero-order valence-corrected chi connectivity index (χ0v) is 18.3. The van der Waals surface area contributed by atoms with Crippen molar-refractivity contribution < 1.29 is 29.2 Å². The number of ether oxygens (including phenoxy) is 3. The summed E-state index contributed by atoms with van der Waals surface area (Å²) in [6.07, 6.45) is -1.38. The van der Waals surface area contributed by atoms with Crippen molar-refractivity contribution in [2.75, 3.05) is 25.7 Å². The van der Waals surface area contributed by atoms with Gasteiger partial charge in [-0.05, 0) is 35.4 Å². The van der Waals surface area contributed by atoms with Crippen LogP contribution in [0.15, 0.2) is 48.5 Å². The Morgan fingerprint density at radius 1 is 0.967 bits per heavy atom. The van der Waals surface area contributed by atoms with E-state index >= 15 is 0 Å². The van der Waals surface area contributed by atoms with Crippen LogP contribution >= 0.6 is 11.6 Å². The zero-order chi connectivity index (χ0) is 22.1. The number of aliphatic hydroxyl groups is 2. The van der Waals surface area contributed by atoms with E-state index in [9.17, 15) is 9.90 Å². The van der Waals surface area contributed by atoms with Gasteiger partial charge in [0.25, 0.3) is 0 Å². The summed E-state index contributed by atoms with van der Waals surface area (Å²) in [4.78, 5) is 11.0. The highest BCUT2D eigenvalue weighted by Crippen LogP contribution is 2.33. The summed E-state index contributed by atoms with van der Waals surface area (Å²) in [5.74, 6) is 1.08. The molecular weight excluding hydrogens is 408 g/mol. The number of rotatable bonds is 11. The molecular formula is C23H29ClO6. The van der Waals surface area contributed by atoms with Gasteiger partial charge in [0.15, 0.2) is 0 Å². The second kappa shape index (κ2) is 11.2. The lowest BCUT2D eigenvalue weighted by atomic mass is 9.78. The Morgan fingerprint density at radius 2 is 1.43 bits per heavy atom. The van der Waals surface area contributed by atoms with Gasteiger partial charge in [-0.2, -0.15) is 0 Å². The van der Waals surface area contributed by atoms with Gasteiger partial charge < -0.3 is 24.4 Å². The Morgan fingerprint density at radius 3 is 1.83 bits per heavy atom. The predicted molar refractivity (Wildman–Crippen MR) is 115 cm³/mol. The third-order valence-corrected chi connectivity index (χ3v) is 5.09. The van der Waals surface area contributed by atoms with Crippen molar-refractivity contribution in [3.8, 4) is 11.5 Å². The first kappa shape index (κ1) is 24.0. The van der Waals surface area contributed by atoms with Gasteiger partial charge in [-0.1, -0.05) is 38.1 Å². The minimum absolute atomic E-state index is 0.0444. The molecule has 30 heavy (non-hydrogen) atoms. The van der Waals surface area contributed by atoms with Crippen LogP contribution in [0.4, 0.5) is 0 Å². The standard InChI is InChI=1S/C23H29ClO6/c1-16(26)30-22(12-24)15-29-21-10-6-18(7-11-21)23(2,3)17-4-8-20(9-5-17)28-14-19(27)13-25/h4-11,19,22,25,27H,12-15H2,1-3H3/t19-,22+/m0/s1. The van der Waals surface area contributed by atoms with Crippen LogP contribution in [0.2, 0.25) is 0 Å². The topological polar surface area (TPSA) is 85.2 Å². The van der Waals surface area contributed by atoms with Crippen molar-refractivity contribution in [3.05, 3.63) is 59.7 Å². The first-order valence-electron chi connectivity index (χ1n) is 9.75. The molecule has 2 rings (SSSR count). The van der Waals surface area contributed by atoms with Crippen LogP contribution in [0.5, 0.6) is 11.5 Å². The van der Waals surface area contributed by atoms with Crippen LogP contribution in [0, 0.1) is 0 Å². The van der Waals surface area contributed by atoms with E-state index in [4.69, 9.17) is 30.9 Å². The van der Waals surface area contributed by atoms with Crippen LogP contribution in [0.1, 0.15) is 31.9 Å². The predicted octanol–water partition coefficient (Wildman–Crippen LogP) is 3.29. The Balaban J connectivity index is 2.01. The smallest absolute Gasteiger partial charge is 0.303 e. The lowest BCUT2D eigenvalue weighted by Gasteiger charge is -2.26. The van der Waals surface area contributed by atoms with E-state index in [2.05, 4.69) is 13.8 Å². The van der Waals surface area contributed by atoms with Crippen molar-refractivity contribution in [2.24, 2.45) is 0 Å². The number of benzene rings is 2. The van der Waals surface area contributed by atoms with Crippen LogP contribution in [-0.4, -0.2) is 54.1 Å². The van der Waals surface area contributed by atoms with Crippen molar-refractivity contribution in [2.45, 2.75) is 38.4 Å². The molecule has 0 saturated heterocycles. The molecule has 0 radical (unpaired) electrons. The lowest BCUT2D eigenvalue weighted by molar-refractivity contribution is -0.146. The normalized spacial score (nSPS) is 13.4. The summed E-state index contributed by atoms with van der Waals surface area (Å²) >= 11 is 5.79. The average molecular weight is 437 g/mol. The van der Waals surface area contributed by atoms with Crippen molar-refractivity contribution >= 4 is 17.6 Å². The van der Waals surface area contributed by atoms with Crippen LogP contribution in [-0.2, 0) is 14.9 Å². The van der Waals surface area contributed by atoms with Gasteiger partial charge in [0.2, 0.25) is 0 Å². The molecule has 2 aromatic rings. The Labute approximate surface area is 182 Å². The maximum absolute atomic E-state index is 11.0. The minimum atomic E-state index is -0.893. The molecule has 0 saturated carbocycles. The number of carbonyl (C=O) groups excluding carboxylic acids is 1. The number of esters is 1. The molecule has 7 heteroatoms. The van der Waals surface area contributed by atoms with Gasteiger partial charge in [0.05, 0.1) is 12.5 Å². The maximum Gasteiger partial charge on any atom is 0.303 e. The average Bonchev–Trinajstić information content (AvgIpc) is 2.75. The van der Waals surface area contributed by atoms with E-state index in [0.717, 1.165) is 11.1 Å². The molecule has 6 nitrogen and oxygen atoms in total. The number of aliphatic hydroxyl groups excluding tert-OH is 2. The summed E-state index contributed by atoms with van der Waals surface area (Å²) in [6, 6.07) is 15.4. The summed E-state index contributed by atoms with van der Waals surface area (Å²) in [7, 11) is 0. The van der Waals surface area contributed by atoms with E-state index < -0.39 is 12.2 Å². The molecule has 0 aliphatic heterocycles. The molecule has 2 aromatic carbocycles. The second-order valence-corrected chi connectivity index (χ2v) is 7.83. The Hall–Kier alpha value is -2.28. The highest BCUT2D eigenvalue weighted by molar-refractivity contribution is 6.18. The summed E-state index contributed by atoms with van der Waals surface area (Å²) in [5, 5.41) is 18.2. The quantitative estimate of drug-likeness (QED) is 0.415. The minimum Gasteiger partial charge on any atom is -0.491 e. The Bertz CT molecular complexity index is 788. The molecule has 2 N–H and O–H groups in total. The molecule has 0 bridgehead atoms. The van der Waals surface area contributed by atoms with Gasteiger partial charge >= 0.3 is 5.97 Å². The molecule has 2 atom stereocenters. The summed E-state index contributed by atoms with van der Waals surface area (Å²) in [6.45, 7) is 5.49. The second-order valence-electron chi connectivity index (χ2n) is 7.52. The number of alkyl halides is 1. The van der Waals surface area contributed by atoms with Gasteiger partial charge in [-0.15, -0.1) is 11.6 Å². The summed E-state index contributed by atoms with van der Waals surface area (Å²) < 4.78 is 16.2. The monoisotopic (exact) mass is 436 g/mol. The highest BCUT2D eigenvalue weighted by Gasteiger charge is 2.23. The fraction of sp³-hybridized carbons (Fsp3) is 0.435. The molecule has 164 valence electrons. The Kier molecular flexibility index (Phi) is 8.96. The number of carbonyl (C=O) groups is 1. The molecule has 0 aliphatic carbocycles. The molecule has 0 spiro atoms. The van der Waals surface area contributed by atoms with Crippen molar-refractivity contribution in [1.82, 2.24) is 0 Å². The largest absolute Gasteiger partial charge is 0.491 e. The highest BCUT2D eigenvalue weighted by atomic mass is 35.5. The van der Waals surface area contributed by atoms with Gasteiger partial charge in [-0.25, -0.2) is 0 Å². The molecule has 0 heterocycles. The molecule has 0 aromatic heterocycles. The zero-order valence-electron chi connectivity index (χ0n) is 17.5. The molecule has 0 unspecified atom stereocenters. The number of hydrogen-bond donors (Lipinski definition) is 2. The first-order chi connectivity index (χ1) is 14.3. The van der Waals surface area contributed by atoms with E-state index in [1.165, 1.54) is 6.92 Å². The molecule has 0 aliphatic rings. The van der Waals surface area contributed by atoms with E-state index in [1.807, 2.05) is 48.5 Å². The van der Waals surface area contributed by atoms with Gasteiger partial charge in [-0.3, -0.25) is 4.79 Å². The van der Waals surface area contributed by atoms with Crippen molar-refractivity contribution in [1.29, 1.82) is 0 Å². The van der Waals surface area contributed by atoms with Crippen LogP contribution in [0.25, 0.3) is 0 Å². The third kappa shape index (κ3) is 6.90. The summed E-state index contributed by atoms with van der Waals surface area (Å²) in [5.41, 5.74) is 1.95. The van der Waals surface area contributed by atoms with Gasteiger partial charge in [0.1, 0.15) is 36.9 Å². The van der Waals surface area contributed by atoms with Gasteiger partial charge in [0, 0.05) is 12.3 Å².